The molecule has 4 nitrogen and oxygen atoms in total. The third kappa shape index (κ3) is 2.64. The van der Waals surface area contributed by atoms with Crippen molar-refractivity contribution >= 4 is 17.4 Å². The molecule has 25 heavy (non-hydrogen) atoms. The lowest BCUT2D eigenvalue weighted by Gasteiger charge is -2.37. The standard InChI is InChI=1S/C21H19NO3/c1-12(23)15-9-10-19-18(11-15)16-3-2-4-17(16)20(22-19)13-5-7-14(8-6-13)21(24)25/h2-3,5-11,16-17,20,22H,4H2,1H3,(H,24,25)/t16-,17+,20-/m1/s1. The van der Waals surface area contributed by atoms with Crippen LogP contribution in [0.4, 0.5) is 5.69 Å². The normalized spacial score (nSPS) is 23.5. The van der Waals surface area contributed by atoms with Crippen LogP contribution in [-0.4, -0.2) is 16.9 Å². The number of hydrogen-bond donors (Lipinski definition) is 2. The highest BCUT2D eigenvalue weighted by molar-refractivity contribution is 5.95. The molecule has 1 aliphatic carbocycles. The number of carboxylic acid groups (broad SMARTS) is 1. The summed E-state index contributed by atoms with van der Waals surface area (Å²) in [5.74, 6) is -0.191. The van der Waals surface area contributed by atoms with E-state index in [0.29, 0.717) is 11.5 Å². The molecule has 0 unspecified atom stereocenters. The monoisotopic (exact) mass is 333 g/mol. The van der Waals surface area contributed by atoms with E-state index in [1.165, 1.54) is 5.56 Å². The van der Waals surface area contributed by atoms with Gasteiger partial charge in [-0.1, -0.05) is 24.3 Å². The number of nitrogens with one attached hydrogen (secondary N) is 1. The average Bonchev–Trinajstić information content (AvgIpc) is 3.10. The SMILES string of the molecule is CC(=O)c1ccc2c(c1)[C@@H]1C=CC[C@@H]1[C@@H](c1ccc(C(=O)O)cc1)N2. The lowest BCUT2D eigenvalue weighted by Crippen LogP contribution is -2.29. The van der Waals surface area contributed by atoms with Gasteiger partial charge in [-0.3, -0.25) is 4.79 Å². The molecule has 2 aromatic rings. The summed E-state index contributed by atoms with van der Waals surface area (Å²) in [6.07, 6.45) is 5.39. The zero-order chi connectivity index (χ0) is 17.6. The molecule has 3 atom stereocenters. The van der Waals surface area contributed by atoms with Gasteiger partial charge >= 0.3 is 5.97 Å². The Morgan fingerprint density at radius 2 is 1.80 bits per heavy atom. The molecule has 4 rings (SSSR count). The molecule has 126 valence electrons. The second kappa shape index (κ2) is 5.88. The van der Waals surface area contributed by atoms with Crippen molar-refractivity contribution in [3.8, 4) is 0 Å². The smallest absolute Gasteiger partial charge is 0.335 e. The van der Waals surface area contributed by atoms with Crippen LogP contribution in [0.3, 0.4) is 0 Å². The summed E-state index contributed by atoms with van der Waals surface area (Å²) in [6, 6.07) is 13.1. The molecule has 0 bridgehead atoms. The number of ketones is 1. The van der Waals surface area contributed by atoms with E-state index in [0.717, 1.165) is 23.2 Å². The maximum absolute atomic E-state index is 11.7. The Bertz CT molecular complexity index is 883. The van der Waals surface area contributed by atoms with Gasteiger partial charge in [0.15, 0.2) is 5.78 Å². The number of allylic oxidation sites excluding steroid dienone is 2. The van der Waals surface area contributed by atoms with E-state index in [1.54, 1.807) is 19.1 Å². The molecular weight excluding hydrogens is 314 g/mol. The molecule has 0 amide bonds. The minimum atomic E-state index is -0.911. The minimum absolute atomic E-state index is 0.0766. The van der Waals surface area contributed by atoms with Gasteiger partial charge < -0.3 is 10.4 Å². The maximum Gasteiger partial charge on any atom is 0.335 e. The van der Waals surface area contributed by atoms with Crippen molar-refractivity contribution in [2.24, 2.45) is 5.92 Å². The number of fused-ring (bicyclic) bond motifs is 3. The van der Waals surface area contributed by atoms with E-state index in [-0.39, 0.29) is 17.7 Å². The molecule has 2 aromatic carbocycles. The van der Waals surface area contributed by atoms with Gasteiger partial charge in [0.05, 0.1) is 11.6 Å². The maximum atomic E-state index is 11.7. The summed E-state index contributed by atoms with van der Waals surface area (Å²) < 4.78 is 0. The second-order valence-corrected chi connectivity index (χ2v) is 6.76. The zero-order valence-corrected chi connectivity index (χ0v) is 13.9. The summed E-state index contributed by atoms with van der Waals surface area (Å²) in [6.45, 7) is 1.59. The van der Waals surface area contributed by atoms with Gasteiger partial charge in [-0.25, -0.2) is 4.79 Å². The number of rotatable bonds is 3. The summed E-state index contributed by atoms with van der Waals surface area (Å²) >= 11 is 0. The summed E-state index contributed by atoms with van der Waals surface area (Å²) in [5.41, 5.74) is 4.34. The molecule has 0 spiro atoms. The van der Waals surface area contributed by atoms with Gasteiger partial charge in [-0.2, -0.15) is 0 Å². The first kappa shape index (κ1) is 15.6. The fourth-order valence-corrected chi connectivity index (χ4v) is 3.98. The predicted octanol–water partition coefficient (Wildman–Crippen LogP) is 4.41. The first-order valence-electron chi connectivity index (χ1n) is 8.46. The van der Waals surface area contributed by atoms with Crippen molar-refractivity contribution in [3.63, 3.8) is 0 Å². The van der Waals surface area contributed by atoms with Crippen LogP contribution in [0.25, 0.3) is 0 Å². The molecule has 0 radical (unpaired) electrons. The van der Waals surface area contributed by atoms with Gasteiger partial charge in [-0.15, -0.1) is 0 Å². The van der Waals surface area contributed by atoms with Crippen LogP contribution in [0.2, 0.25) is 0 Å². The van der Waals surface area contributed by atoms with Gasteiger partial charge in [-0.05, 0) is 60.7 Å². The van der Waals surface area contributed by atoms with Crippen molar-refractivity contribution in [3.05, 3.63) is 76.9 Å². The van der Waals surface area contributed by atoms with Crippen molar-refractivity contribution in [1.29, 1.82) is 0 Å². The molecule has 0 saturated heterocycles. The number of Topliss-reactive ketones (excluding diaryl/α,β-unsaturated/α-hetero) is 1. The lowest BCUT2D eigenvalue weighted by molar-refractivity contribution is 0.0696. The summed E-state index contributed by atoms with van der Waals surface area (Å²) in [4.78, 5) is 22.8. The third-order valence-corrected chi connectivity index (χ3v) is 5.29. The van der Waals surface area contributed by atoms with Crippen molar-refractivity contribution in [2.75, 3.05) is 5.32 Å². The Kier molecular flexibility index (Phi) is 3.68. The largest absolute Gasteiger partial charge is 0.478 e. The predicted molar refractivity (Wildman–Crippen MR) is 96.2 cm³/mol. The first-order valence-corrected chi connectivity index (χ1v) is 8.46. The molecule has 0 saturated carbocycles. The number of benzene rings is 2. The molecule has 2 aliphatic rings. The van der Waals surface area contributed by atoms with Gasteiger partial charge in [0.1, 0.15) is 0 Å². The van der Waals surface area contributed by atoms with Gasteiger partial charge in [0.25, 0.3) is 0 Å². The van der Waals surface area contributed by atoms with Crippen LogP contribution in [0.1, 0.15) is 57.1 Å². The molecule has 1 heterocycles. The Morgan fingerprint density at radius 1 is 1.08 bits per heavy atom. The van der Waals surface area contributed by atoms with E-state index in [2.05, 4.69) is 17.5 Å². The fourth-order valence-electron chi connectivity index (χ4n) is 3.98. The van der Waals surface area contributed by atoms with E-state index in [1.807, 2.05) is 30.3 Å². The summed E-state index contributed by atoms with van der Waals surface area (Å²) in [5, 5.41) is 12.7. The molecule has 0 fully saturated rings. The lowest BCUT2D eigenvalue weighted by atomic mass is 9.76. The fraction of sp³-hybridized carbons (Fsp3) is 0.238. The highest BCUT2D eigenvalue weighted by atomic mass is 16.4. The molecule has 2 N–H and O–H groups in total. The van der Waals surface area contributed by atoms with E-state index >= 15 is 0 Å². The zero-order valence-electron chi connectivity index (χ0n) is 13.9. The van der Waals surface area contributed by atoms with E-state index in [9.17, 15) is 9.59 Å². The van der Waals surface area contributed by atoms with Crippen molar-refractivity contribution in [1.82, 2.24) is 0 Å². The molecular formula is C21H19NO3. The number of anilines is 1. The molecule has 0 aromatic heterocycles. The highest BCUT2D eigenvalue weighted by Gasteiger charge is 2.38. The first-order chi connectivity index (χ1) is 12.0. The van der Waals surface area contributed by atoms with Crippen LogP contribution in [0.5, 0.6) is 0 Å². The Hall–Kier alpha value is -2.88. The minimum Gasteiger partial charge on any atom is -0.478 e. The Labute approximate surface area is 146 Å². The molecule has 4 heteroatoms. The number of hydrogen-bond acceptors (Lipinski definition) is 3. The van der Waals surface area contributed by atoms with Crippen LogP contribution in [0.15, 0.2) is 54.6 Å². The van der Waals surface area contributed by atoms with Crippen LogP contribution in [-0.2, 0) is 0 Å². The van der Waals surface area contributed by atoms with Gasteiger partial charge in [0.2, 0.25) is 0 Å². The number of carbonyl (C=O) groups excluding carboxylic acids is 1. The Balaban J connectivity index is 1.72. The van der Waals surface area contributed by atoms with Crippen molar-refractivity contribution < 1.29 is 14.7 Å². The van der Waals surface area contributed by atoms with Crippen molar-refractivity contribution in [2.45, 2.75) is 25.3 Å². The third-order valence-electron chi connectivity index (χ3n) is 5.29. The van der Waals surface area contributed by atoms with Crippen LogP contribution >= 0.6 is 0 Å². The molecule has 1 aliphatic heterocycles. The van der Waals surface area contributed by atoms with Gasteiger partial charge in [0, 0.05) is 17.2 Å². The number of carboxylic acids is 1. The second-order valence-electron chi connectivity index (χ2n) is 6.76. The van der Waals surface area contributed by atoms with E-state index in [4.69, 9.17) is 5.11 Å². The van der Waals surface area contributed by atoms with Crippen LogP contribution in [0, 0.1) is 5.92 Å². The van der Waals surface area contributed by atoms with E-state index < -0.39 is 5.97 Å². The topological polar surface area (TPSA) is 66.4 Å². The highest BCUT2D eigenvalue weighted by Crippen LogP contribution is 2.49. The number of carbonyl (C=O) groups is 2. The quantitative estimate of drug-likeness (QED) is 0.645. The average molecular weight is 333 g/mol. The van der Waals surface area contributed by atoms with Crippen LogP contribution < -0.4 is 5.32 Å². The Morgan fingerprint density at radius 3 is 2.48 bits per heavy atom. The summed E-state index contributed by atoms with van der Waals surface area (Å²) in [7, 11) is 0. The number of aromatic carboxylic acids is 1.